The largest absolute Gasteiger partial charge is 0.478 e. The number of benzene rings is 1. The van der Waals surface area contributed by atoms with Crippen molar-refractivity contribution in [1.82, 2.24) is 0 Å². The number of carbonyl (C=O) groups excluding carboxylic acids is 1. The third kappa shape index (κ3) is 2.44. The van der Waals surface area contributed by atoms with E-state index < -0.39 is 18.1 Å². The molecule has 2 rings (SSSR count). The Morgan fingerprint density at radius 3 is 2.47 bits per heavy atom. The van der Waals surface area contributed by atoms with E-state index >= 15 is 0 Å². The van der Waals surface area contributed by atoms with Crippen LogP contribution in [0.15, 0.2) is 16.6 Å². The van der Waals surface area contributed by atoms with Gasteiger partial charge in [-0.3, -0.25) is 4.79 Å². The normalized spacial score (nSPS) is 14.4. The lowest BCUT2D eigenvalue weighted by Gasteiger charge is -2.19. The van der Waals surface area contributed by atoms with E-state index in [2.05, 4.69) is 15.9 Å². The SMILES string of the molecule is O=C(O)c1cc(Br)cc2c1CCN2C(=O)C(F)(F)F. The molecule has 1 aliphatic heterocycles. The van der Waals surface area contributed by atoms with Crippen molar-refractivity contribution in [3.05, 3.63) is 27.7 Å². The number of hydrogen-bond acceptors (Lipinski definition) is 2. The zero-order chi connectivity index (χ0) is 14.4. The predicted octanol–water partition coefficient (Wildman–Crippen LogP) is 2.60. The first-order valence-corrected chi connectivity index (χ1v) is 5.95. The smallest absolute Gasteiger partial charge is 0.471 e. The van der Waals surface area contributed by atoms with Gasteiger partial charge in [0.25, 0.3) is 0 Å². The number of fused-ring (bicyclic) bond motifs is 1. The van der Waals surface area contributed by atoms with Gasteiger partial charge in [0.2, 0.25) is 0 Å². The molecule has 1 aliphatic rings. The van der Waals surface area contributed by atoms with Gasteiger partial charge in [-0.2, -0.15) is 13.2 Å². The minimum Gasteiger partial charge on any atom is -0.478 e. The van der Waals surface area contributed by atoms with E-state index in [0.717, 1.165) is 0 Å². The third-order valence-electron chi connectivity index (χ3n) is 2.79. The number of carbonyl (C=O) groups is 2. The summed E-state index contributed by atoms with van der Waals surface area (Å²) in [5, 5.41) is 9.01. The van der Waals surface area contributed by atoms with Crippen molar-refractivity contribution >= 4 is 33.5 Å². The van der Waals surface area contributed by atoms with Crippen LogP contribution in [0.1, 0.15) is 15.9 Å². The third-order valence-corrected chi connectivity index (χ3v) is 3.24. The first-order valence-electron chi connectivity index (χ1n) is 5.16. The molecule has 0 spiro atoms. The maximum Gasteiger partial charge on any atom is 0.471 e. The number of rotatable bonds is 1. The van der Waals surface area contributed by atoms with E-state index in [-0.39, 0.29) is 29.8 Å². The summed E-state index contributed by atoms with van der Waals surface area (Å²) in [4.78, 5) is 22.9. The molecule has 0 atom stereocenters. The summed E-state index contributed by atoms with van der Waals surface area (Å²) in [6.45, 7) is -0.176. The molecule has 1 aromatic carbocycles. The standard InChI is InChI=1S/C11H7BrF3NO3/c12-5-3-7(9(17)18)6-1-2-16(8(6)4-5)10(19)11(13,14)15/h3-4H,1-2H2,(H,17,18). The Kier molecular flexibility index (Phi) is 3.29. The van der Waals surface area contributed by atoms with Crippen LogP contribution in [0.2, 0.25) is 0 Å². The average molecular weight is 338 g/mol. The van der Waals surface area contributed by atoms with Crippen LogP contribution in [0, 0.1) is 0 Å². The lowest BCUT2D eigenvalue weighted by atomic mass is 10.1. The molecule has 0 aliphatic carbocycles. The van der Waals surface area contributed by atoms with Crippen LogP contribution in [0.25, 0.3) is 0 Å². The number of halogens is 4. The van der Waals surface area contributed by atoms with Gasteiger partial charge in [-0.1, -0.05) is 15.9 Å². The Bertz CT molecular complexity index is 571. The lowest BCUT2D eigenvalue weighted by molar-refractivity contribution is -0.170. The number of anilines is 1. The minimum atomic E-state index is -4.98. The second kappa shape index (κ2) is 4.52. The number of nitrogens with zero attached hydrogens (tertiary/aromatic N) is 1. The van der Waals surface area contributed by atoms with Crippen molar-refractivity contribution in [2.75, 3.05) is 11.4 Å². The van der Waals surface area contributed by atoms with Gasteiger partial charge in [-0.15, -0.1) is 0 Å². The van der Waals surface area contributed by atoms with Gasteiger partial charge in [-0.25, -0.2) is 4.79 Å². The lowest BCUT2D eigenvalue weighted by Crippen LogP contribution is -2.40. The van der Waals surface area contributed by atoms with Crippen LogP contribution in [-0.2, 0) is 11.2 Å². The Labute approximate surface area is 113 Å². The van der Waals surface area contributed by atoms with Crippen molar-refractivity contribution in [2.24, 2.45) is 0 Å². The maximum absolute atomic E-state index is 12.4. The highest BCUT2D eigenvalue weighted by molar-refractivity contribution is 9.10. The number of aromatic carboxylic acids is 1. The molecule has 1 aromatic rings. The van der Waals surface area contributed by atoms with E-state index in [1.165, 1.54) is 12.1 Å². The molecule has 0 aromatic heterocycles. The van der Waals surface area contributed by atoms with Gasteiger partial charge in [-0.05, 0) is 24.1 Å². The molecule has 0 saturated carbocycles. The molecule has 0 unspecified atom stereocenters. The molecule has 0 fully saturated rings. The molecular formula is C11H7BrF3NO3. The molecule has 0 radical (unpaired) electrons. The van der Waals surface area contributed by atoms with Gasteiger partial charge in [0, 0.05) is 16.7 Å². The van der Waals surface area contributed by atoms with Crippen LogP contribution in [0.4, 0.5) is 18.9 Å². The van der Waals surface area contributed by atoms with E-state index in [0.29, 0.717) is 9.37 Å². The van der Waals surface area contributed by atoms with Crippen molar-refractivity contribution in [1.29, 1.82) is 0 Å². The zero-order valence-corrected chi connectivity index (χ0v) is 10.9. The van der Waals surface area contributed by atoms with Crippen molar-refractivity contribution < 1.29 is 27.9 Å². The predicted molar refractivity (Wildman–Crippen MR) is 63.2 cm³/mol. The summed E-state index contributed by atoms with van der Waals surface area (Å²) in [5.74, 6) is -3.22. The monoisotopic (exact) mass is 337 g/mol. The van der Waals surface area contributed by atoms with E-state index in [9.17, 15) is 22.8 Å². The summed E-state index contributed by atoms with van der Waals surface area (Å²) in [6.07, 6.45) is -4.89. The molecule has 19 heavy (non-hydrogen) atoms. The number of hydrogen-bond donors (Lipinski definition) is 1. The second-order valence-electron chi connectivity index (χ2n) is 3.96. The first-order chi connectivity index (χ1) is 8.71. The highest BCUT2D eigenvalue weighted by Crippen LogP contribution is 2.36. The van der Waals surface area contributed by atoms with Crippen molar-refractivity contribution in [3.63, 3.8) is 0 Å². The molecule has 0 saturated heterocycles. The quantitative estimate of drug-likeness (QED) is 0.856. The average Bonchev–Trinajstić information content (AvgIpc) is 2.68. The van der Waals surface area contributed by atoms with Crippen LogP contribution in [0.5, 0.6) is 0 Å². The summed E-state index contributed by atoms with van der Waals surface area (Å²) in [6, 6.07) is 2.63. The van der Waals surface area contributed by atoms with Gasteiger partial charge >= 0.3 is 18.1 Å². The molecule has 0 bridgehead atoms. The van der Waals surface area contributed by atoms with Crippen molar-refractivity contribution in [2.45, 2.75) is 12.6 Å². The summed E-state index contributed by atoms with van der Waals surface area (Å²) < 4.78 is 37.6. The summed E-state index contributed by atoms with van der Waals surface area (Å²) in [7, 11) is 0. The topological polar surface area (TPSA) is 57.6 Å². The molecular weight excluding hydrogens is 331 g/mol. The Balaban J connectivity index is 2.51. The molecule has 8 heteroatoms. The summed E-state index contributed by atoms with van der Waals surface area (Å²) >= 11 is 3.03. The number of amides is 1. The van der Waals surface area contributed by atoms with Crippen LogP contribution >= 0.6 is 15.9 Å². The summed E-state index contributed by atoms with van der Waals surface area (Å²) in [5.41, 5.74) is 0.143. The fourth-order valence-electron chi connectivity index (χ4n) is 2.02. The minimum absolute atomic E-state index is 0.00546. The van der Waals surface area contributed by atoms with Crippen molar-refractivity contribution in [3.8, 4) is 0 Å². The van der Waals surface area contributed by atoms with E-state index in [1.54, 1.807) is 0 Å². The Morgan fingerprint density at radius 1 is 1.32 bits per heavy atom. The van der Waals surface area contributed by atoms with Gasteiger partial charge < -0.3 is 10.0 Å². The molecule has 102 valence electrons. The molecule has 1 heterocycles. The van der Waals surface area contributed by atoms with Crippen LogP contribution in [0.3, 0.4) is 0 Å². The van der Waals surface area contributed by atoms with Gasteiger partial charge in [0.05, 0.1) is 5.56 Å². The first kappa shape index (κ1) is 13.9. The maximum atomic E-state index is 12.4. The molecule has 1 N–H and O–H groups in total. The highest BCUT2D eigenvalue weighted by Gasteiger charge is 2.45. The Hall–Kier alpha value is -1.57. The van der Waals surface area contributed by atoms with Gasteiger partial charge in [0.1, 0.15) is 0 Å². The molecule has 4 nitrogen and oxygen atoms in total. The number of carboxylic acids is 1. The second-order valence-corrected chi connectivity index (χ2v) is 4.88. The highest BCUT2D eigenvalue weighted by atomic mass is 79.9. The zero-order valence-electron chi connectivity index (χ0n) is 9.29. The van der Waals surface area contributed by atoms with E-state index in [1.807, 2.05) is 0 Å². The Morgan fingerprint density at radius 2 is 1.95 bits per heavy atom. The van der Waals surface area contributed by atoms with Crippen LogP contribution < -0.4 is 4.90 Å². The number of carboxylic acid groups (broad SMARTS) is 1. The fraction of sp³-hybridized carbons (Fsp3) is 0.273. The fourth-order valence-corrected chi connectivity index (χ4v) is 2.47. The van der Waals surface area contributed by atoms with Crippen LogP contribution in [-0.4, -0.2) is 29.7 Å². The number of alkyl halides is 3. The van der Waals surface area contributed by atoms with Gasteiger partial charge in [0.15, 0.2) is 0 Å². The molecule has 1 amide bonds. The van der Waals surface area contributed by atoms with E-state index in [4.69, 9.17) is 5.11 Å².